The topological polar surface area (TPSA) is 119 Å². The number of carbonyl (C=O) groups is 1. The van der Waals surface area contributed by atoms with Crippen LogP contribution >= 0.6 is 0 Å². The highest BCUT2D eigenvalue weighted by Gasteiger charge is 2.45. The zero-order chi connectivity index (χ0) is 18.7. The summed E-state index contributed by atoms with van der Waals surface area (Å²) in [6, 6.07) is 5.02. The van der Waals surface area contributed by atoms with Gasteiger partial charge in [-0.3, -0.25) is 4.79 Å². The van der Waals surface area contributed by atoms with E-state index < -0.39 is 36.7 Å². The number of amides is 1. The molecular weight excluding hydrogens is 368 g/mol. The molecule has 25 heavy (non-hydrogen) atoms. The molecular formula is C15H22N2O6S2. The van der Waals surface area contributed by atoms with Gasteiger partial charge in [0.25, 0.3) is 0 Å². The van der Waals surface area contributed by atoms with Crippen LogP contribution < -0.4 is 10.6 Å². The second kappa shape index (κ2) is 7.81. The van der Waals surface area contributed by atoms with Gasteiger partial charge in [-0.15, -0.1) is 0 Å². The van der Waals surface area contributed by atoms with Gasteiger partial charge in [0.2, 0.25) is 5.91 Å². The van der Waals surface area contributed by atoms with Crippen molar-refractivity contribution in [3.63, 3.8) is 0 Å². The maximum absolute atomic E-state index is 12.9. The summed E-state index contributed by atoms with van der Waals surface area (Å²) in [7, 11) is -5.76. The summed E-state index contributed by atoms with van der Waals surface area (Å²) in [6.07, 6.45) is 0. The van der Waals surface area contributed by atoms with E-state index in [-0.39, 0.29) is 16.6 Å². The lowest BCUT2D eigenvalue weighted by atomic mass is 10.2. The van der Waals surface area contributed by atoms with Crippen molar-refractivity contribution in [1.29, 1.82) is 0 Å². The van der Waals surface area contributed by atoms with Gasteiger partial charge in [-0.1, -0.05) is 0 Å². The number of sulfone groups is 2. The van der Waals surface area contributed by atoms with Crippen LogP contribution in [-0.2, 0) is 29.2 Å². The largest absolute Gasteiger partial charge is 0.383 e. The van der Waals surface area contributed by atoms with E-state index in [1.165, 1.54) is 38.3 Å². The Morgan fingerprint density at radius 2 is 1.88 bits per heavy atom. The molecule has 1 saturated heterocycles. The summed E-state index contributed by atoms with van der Waals surface area (Å²) in [5, 5.41) is 4.46. The first kappa shape index (κ1) is 19.8. The van der Waals surface area contributed by atoms with Crippen LogP contribution in [0.1, 0.15) is 6.92 Å². The molecule has 0 spiro atoms. The zero-order valence-corrected chi connectivity index (χ0v) is 15.7. The van der Waals surface area contributed by atoms with Crippen molar-refractivity contribution in [3.8, 4) is 0 Å². The number of nitrogens with one attached hydrogen (secondary N) is 2. The van der Waals surface area contributed by atoms with Gasteiger partial charge in [0.05, 0.1) is 28.3 Å². The van der Waals surface area contributed by atoms with Crippen LogP contribution in [0.25, 0.3) is 0 Å². The number of carbonyl (C=O) groups excluding carboxylic acids is 1. The molecule has 1 aromatic carbocycles. The smallest absolute Gasteiger partial charge is 0.221 e. The third-order valence-corrected chi connectivity index (χ3v) is 8.08. The molecule has 0 bridgehead atoms. The average molecular weight is 390 g/mol. The number of anilines is 1. The highest BCUT2D eigenvalue weighted by atomic mass is 32.2. The van der Waals surface area contributed by atoms with Gasteiger partial charge >= 0.3 is 0 Å². The zero-order valence-electron chi connectivity index (χ0n) is 14.1. The van der Waals surface area contributed by atoms with E-state index >= 15 is 0 Å². The molecule has 1 aliphatic rings. The van der Waals surface area contributed by atoms with E-state index in [4.69, 9.17) is 4.74 Å². The van der Waals surface area contributed by atoms with Crippen LogP contribution in [0.4, 0.5) is 5.69 Å². The first-order valence-electron chi connectivity index (χ1n) is 7.70. The highest BCUT2D eigenvalue weighted by molar-refractivity contribution is 7.96. The number of rotatable bonds is 7. The van der Waals surface area contributed by atoms with E-state index in [1.54, 1.807) is 0 Å². The van der Waals surface area contributed by atoms with E-state index in [2.05, 4.69) is 10.6 Å². The normalized spacial score (nSPS) is 22.6. The highest BCUT2D eigenvalue weighted by Crippen LogP contribution is 2.26. The van der Waals surface area contributed by atoms with E-state index in [0.29, 0.717) is 18.8 Å². The van der Waals surface area contributed by atoms with Crippen molar-refractivity contribution in [1.82, 2.24) is 5.32 Å². The Hall–Kier alpha value is -1.49. The van der Waals surface area contributed by atoms with Crippen molar-refractivity contribution in [2.24, 2.45) is 0 Å². The first-order chi connectivity index (χ1) is 11.7. The predicted octanol–water partition coefficient (Wildman–Crippen LogP) is -0.180. The molecule has 1 amide bonds. The molecule has 140 valence electrons. The molecule has 1 aliphatic heterocycles. The van der Waals surface area contributed by atoms with Crippen molar-refractivity contribution in [2.75, 3.05) is 37.1 Å². The van der Waals surface area contributed by atoms with Gasteiger partial charge in [-0.2, -0.15) is 0 Å². The van der Waals surface area contributed by atoms with Crippen LogP contribution in [0.3, 0.4) is 0 Å². The summed E-state index contributed by atoms with van der Waals surface area (Å²) in [5.74, 6) is -0.891. The molecule has 2 atom stereocenters. The van der Waals surface area contributed by atoms with Gasteiger partial charge in [0, 0.05) is 32.3 Å². The number of methoxy groups -OCH3 is 1. The summed E-state index contributed by atoms with van der Waals surface area (Å²) >= 11 is 0. The van der Waals surface area contributed by atoms with Gasteiger partial charge < -0.3 is 15.4 Å². The van der Waals surface area contributed by atoms with Crippen LogP contribution in [-0.4, -0.2) is 65.8 Å². The van der Waals surface area contributed by atoms with Crippen molar-refractivity contribution in [3.05, 3.63) is 24.3 Å². The van der Waals surface area contributed by atoms with E-state index in [1.807, 2.05) is 0 Å². The molecule has 10 heteroatoms. The minimum atomic E-state index is -3.84. The lowest BCUT2D eigenvalue weighted by Gasteiger charge is -2.20. The van der Waals surface area contributed by atoms with Crippen molar-refractivity contribution >= 4 is 31.3 Å². The minimum Gasteiger partial charge on any atom is -0.383 e. The number of hydrogen-bond acceptors (Lipinski definition) is 7. The lowest BCUT2D eigenvalue weighted by Crippen LogP contribution is -2.44. The fraction of sp³-hybridized carbons (Fsp3) is 0.533. The first-order valence-corrected chi connectivity index (χ1v) is 11.1. The molecule has 0 aromatic heterocycles. The molecule has 1 fully saturated rings. The summed E-state index contributed by atoms with van der Waals surface area (Å²) < 4.78 is 54.6. The Kier molecular flexibility index (Phi) is 6.20. The van der Waals surface area contributed by atoms with Crippen LogP contribution in [0, 0.1) is 0 Å². The van der Waals surface area contributed by atoms with E-state index in [9.17, 15) is 21.6 Å². The quantitative estimate of drug-likeness (QED) is 0.620. The average Bonchev–Trinajstić information content (AvgIpc) is 2.83. The molecule has 0 radical (unpaired) electrons. The van der Waals surface area contributed by atoms with Crippen LogP contribution in [0.15, 0.2) is 29.2 Å². The molecule has 1 aromatic rings. The number of hydrogen-bond donors (Lipinski definition) is 2. The monoisotopic (exact) mass is 390 g/mol. The third kappa shape index (κ3) is 5.00. The van der Waals surface area contributed by atoms with Crippen LogP contribution in [0.5, 0.6) is 0 Å². The van der Waals surface area contributed by atoms with Gasteiger partial charge in [0.15, 0.2) is 19.7 Å². The minimum absolute atomic E-state index is 0.0299. The molecule has 1 heterocycles. The maximum atomic E-state index is 12.9. The standard InChI is InChI=1S/C15H22N2O6S2/c1-11(18)17-12-3-5-13(6-4-12)25(21,22)15-10-24(19,20)9-14(15)16-7-8-23-2/h3-6,14-16H,7-10H2,1-2H3,(H,17,18)/t14-,15-/m0/s1. The number of benzene rings is 1. The molecule has 2 rings (SSSR count). The Balaban J connectivity index is 2.24. The van der Waals surface area contributed by atoms with Crippen molar-refractivity contribution in [2.45, 2.75) is 23.1 Å². The molecule has 2 N–H and O–H groups in total. The number of ether oxygens (including phenoxy) is 1. The fourth-order valence-corrected chi connectivity index (χ4v) is 7.48. The Bertz CT molecular complexity index is 818. The second-order valence-electron chi connectivity index (χ2n) is 5.92. The predicted molar refractivity (Wildman–Crippen MR) is 94.0 cm³/mol. The Morgan fingerprint density at radius 1 is 1.24 bits per heavy atom. The molecule has 8 nitrogen and oxygen atoms in total. The summed E-state index contributed by atoms with van der Waals surface area (Å²) in [5.41, 5.74) is 0.472. The molecule has 0 saturated carbocycles. The van der Waals surface area contributed by atoms with Crippen molar-refractivity contribution < 1.29 is 26.4 Å². The SMILES string of the molecule is COCCN[C@H]1CS(=O)(=O)C[C@@H]1S(=O)(=O)c1ccc(NC(C)=O)cc1. The third-order valence-electron chi connectivity index (χ3n) is 3.91. The second-order valence-corrected chi connectivity index (χ2v) is 10.2. The summed E-state index contributed by atoms with van der Waals surface area (Å²) in [6.45, 7) is 2.07. The maximum Gasteiger partial charge on any atom is 0.221 e. The van der Waals surface area contributed by atoms with Gasteiger partial charge in [-0.25, -0.2) is 16.8 Å². The van der Waals surface area contributed by atoms with E-state index in [0.717, 1.165) is 0 Å². The van der Waals surface area contributed by atoms with Crippen LogP contribution in [0.2, 0.25) is 0 Å². The Labute approximate surface area is 147 Å². The van der Waals surface area contributed by atoms with Gasteiger partial charge in [0.1, 0.15) is 0 Å². The lowest BCUT2D eigenvalue weighted by molar-refractivity contribution is -0.114. The Morgan fingerprint density at radius 3 is 2.44 bits per heavy atom. The molecule has 0 aliphatic carbocycles. The molecule has 0 unspecified atom stereocenters. The van der Waals surface area contributed by atoms with Gasteiger partial charge in [-0.05, 0) is 24.3 Å². The fourth-order valence-electron chi connectivity index (χ4n) is 2.76. The summed E-state index contributed by atoms with van der Waals surface area (Å²) in [4.78, 5) is 11.1.